The topological polar surface area (TPSA) is 85.5 Å². The summed E-state index contributed by atoms with van der Waals surface area (Å²) in [6.07, 6.45) is 5.15. The van der Waals surface area contributed by atoms with E-state index in [4.69, 9.17) is 0 Å². The average molecular weight is 445 g/mol. The number of carbonyl (C=O) groups is 3. The maximum atomic E-state index is 12.9. The Bertz CT molecular complexity index is 1160. The van der Waals surface area contributed by atoms with Gasteiger partial charge in [0.25, 0.3) is 5.91 Å². The summed E-state index contributed by atoms with van der Waals surface area (Å²) in [6, 6.07) is 17.1. The van der Waals surface area contributed by atoms with Gasteiger partial charge in [-0.1, -0.05) is 48.5 Å². The van der Waals surface area contributed by atoms with Crippen molar-refractivity contribution in [3.63, 3.8) is 0 Å². The van der Waals surface area contributed by atoms with Crippen LogP contribution in [0.2, 0.25) is 0 Å². The van der Waals surface area contributed by atoms with Crippen molar-refractivity contribution in [2.45, 2.75) is 31.7 Å². The average Bonchev–Trinajstić information content (AvgIpc) is 3.36. The second-order valence-electron chi connectivity index (χ2n) is 9.00. The Balaban J connectivity index is 1.15. The number of H-pyrrole nitrogens is 1. The highest BCUT2D eigenvalue weighted by atomic mass is 16.2. The number of nitrogens with one attached hydrogen (secondary N) is 2. The number of imide groups is 1. The van der Waals surface area contributed by atoms with E-state index in [1.54, 1.807) is 4.90 Å². The summed E-state index contributed by atoms with van der Waals surface area (Å²) in [7, 11) is 0. The molecule has 3 aromatic rings. The fourth-order valence-electron chi connectivity index (χ4n) is 4.95. The molecule has 0 saturated carbocycles. The first-order chi connectivity index (χ1) is 16.1. The molecular formula is C26H28N4O3. The zero-order valence-corrected chi connectivity index (χ0v) is 18.5. The summed E-state index contributed by atoms with van der Waals surface area (Å²) in [5.74, 6) is 0.0516. The third-order valence-corrected chi connectivity index (χ3v) is 6.83. The Morgan fingerprint density at radius 1 is 0.939 bits per heavy atom. The summed E-state index contributed by atoms with van der Waals surface area (Å²) < 4.78 is 0. The molecule has 2 aliphatic heterocycles. The van der Waals surface area contributed by atoms with Crippen LogP contribution in [0.25, 0.3) is 10.9 Å². The molecule has 4 amide bonds. The Labute approximate surface area is 192 Å². The molecule has 1 atom stereocenters. The number of nitrogens with zero attached hydrogens (tertiary/aromatic N) is 2. The normalized spacial score (nSPS) is 19.3. The van der Waals surface area contributed by atoms with E-state index in [2.05, 4.69) is 34.6 Å². The molecule has 2 aromatic carbocycles. The molecule has 170 valence electrons. The van der Waals surface area contributed by atoms with Crippen LogP contribution in [-0.4, -0.2) is 58.3 Å². The molecule has 1 unspecified atom stereocenters. The smallest absolute Gasteiger partial charge is 0.325 e. The first kappa shape index (κ1) is 21.2. The number of fused-ring (bicyclic) bond motifs is 1. The fraction of sp³-hybridized carbons (Fsp3) is 0.346. The predicted molar refractivity (Wildman–Crippen MR) is 125 cm³/mol. The number of aromatic nitrogens is 1. The van der Waals surface area contributed by atoms with Gasteiger partial charge in [-0.3, -0.25) is 14.5 Å². The molecule has 2 N–H and O–H groups in total. The van der Waals surface area contributed by atoms with Gasteiger partial charge in [-0.2, -0.15) is 0 Å². The molecule has 0 aliphatic carbocycles. The van der Waals surface area contributed by atoms with Crippen molar-refractivity contribution in [2.24, 2.45) is 5.92 Å². The summed E-state index contributed by atoms with van der Waals surface area (Å²) >= 11 is 0. The standard InChI is InChI=1S/C26H28N4O3/c31-24(29-12-10-19(11-13-29)14-18-6-2-1-3-7-18)17-30-25(32)23(28-26(30)33)15-20-16-27-22-9-5-4-8-21(20)22/h1-9,16,19,23,27H,10-15,17H2,(H,28,33). The Kier molecular flexibility index (Phi) is 5.86. The molecule has 0 bridgehead atoms. The minimum absolute atomic E-state index is 0.163. The van der Waals surface area contributed by atoms with Gasteiger partial charge in [-0.25, -0.2) is 4.79 Å². The number of piperidine rings is 1. The monoisotopic (exact) mass is 444 g/mol. The molecule has 5 rings (SSSR count). The number of amides is 4. The van der Waals surface area contributed by atoms with Gasteiger partial charge in [0.05, 0.1) is 0 Å². The highest BCUT2D eigenvalue weighted by Crippen LogP contribution is 2.23. The molecule has 0 spiro atoms. The quantitative estimate of drug-likeness (QED) is 0.573. The SMILES string of the molecule is O=C(CN1C(=O)NC(Cc2c[nH]c3ccccc23)C1=O)N1CCC(Cc2ccccc2)CC1. The number of rotatable bonds is 6. The van der Waals surface area contributed by atoms with Crippen LogP contribution in [0.15, 0.2) is 60.8 Å². The van der Waals surface area contributed by atoms with E-state index in [9.17, 15) is 14.4 Å². The van der Waals surface area contributed by atoms with E-state index in [1.807, 2.05) is 36.5 Å². The number of hydrogen-bond donors (Lipinski definition) is 2. The predicted octanol–water partition coefficient (Wildman–Crippen LogP) is 3.11. The summed E-state index contributed by atoms with van der Waals surface area (Å²) in [5, 5.41) is 3.79. The molecule has 2 saturated heterocycles. The number of benzene rings is 2. The van der Waals surface area contributed by atoms with Gasteiger partial charge in [-0.15, -0.1) is 0 Å². The van der Waals surface area contributed by atoms with E-state index < -0.39 is 12.1 Å². The number of carbonyl (C=O) groups excluding carboxylic acids is 3. The lowest BCUT2D eigenvalue weighted by molar-refractivity contribution is -0.138. The second-order valence-corrected chi connectivity index (χ2v) is 9.00. The molecule has 0 radical (unpaired) electrons. The number of likely N-dealkylation sites (tertiary alicyclic amines) is 1. The van der Waals surface area contributed by atoms with Crippen LogP contribution >= 0.6 is 0 Å². The highest BCUT2D eigenvalue weighted by molar-refractivity contribution is 6.06. The van der Waals surface area contributed by atoms with Gasteiger partial charge in [0.2, 0.25) is 5.91 Å². The van der Waals surface area contributed by atoms with Crippen molar-refractivity contribution in [1.29, 1.82) is 0 Å². The molecule has 3 heterocycles. The van der Waals surface area contributed by atoms with E-state index in [-0.39, 0.29) is 18.4 Å². The van der Waals surface area contributed by atoms with Crippen molar-refractivity contribution < 1.29 is 14.4 Å². The van der Waals surface area contributed by atoms with E-state index in [0.717, 1.165) is 40.6 Å². The number of urea groups is 1. The van der Waals surface area contributed by atoms with Crippen molar-refractivity contribution in [3.05, 3.63) is 71.9 Å². The maximum absolute atomic E-state index is 12.9. The lowest BCUT2D eigenvalue weighted by atomic mass is 9.90. The lowest BCUT2D eigenvalue weighted by Crippen LogP contribution is -2.46. The molecule has 2 fully saturated rings. The zero-order valence-electron chi connectivity index (χ0n) is 18.5. The van der Waals surface area contributed by atoms with Gasteiger partial charge < -0.3 is 15.2 Å². The number of para-hydroxylation sites is 1. The number of hydrogen-bond acceptors (Lipinski definition) is 3. The second kappa shape index (κ2) is 9.10. The van der Waals surface area contributed by atoms with Crippen molar-refractivity contribution in [1.82, 2.24) is 20.1 Å². The van der Waals surface area contributed by atoms with Gasteiger partial charge in [0, 0.05) is 36.6 Å². The van der Waals surface area contributed by atoms with Crippen LogP contribution in [0, 0.1) is 5.92 Å². The Morgan fingerprint density at radius 2 is 1.67 bits per heavy atom. The molecule has 1 aromatic heterocycles. The maximum Gasteiger partial charge on any atom is 0.325 e. The van der Waals surface area contributed by atoms with Crippen LogP contribution < -0.4 is 5.32 Å². The van der Waals surface area contributed by atoms with E-state index in [1.165, 1.54) is 5.56 Å². The van der Waals surface area contributed by atoms with Crippen molar-refractivity contribution in [3.8, 4) is 0 Å². The van der Waals surface area contributed by atoms with Crippen LogP contribution in [0.3, 0.4) is 0 Å². The highest BCUT2D eigenvalue weighted by Gasteiger charge is 2.40. The van der Waals surface area contributed by atoms with Crippen molar-refractivity contribution >= 4 is 28.7 Å². The summed E-state index contributed by atoms with van der Waals surface area (Å²) in [5.41, 5.74) is 3.28. The van der Waals surface area contributed by atoms with Gasteiger partial charge in [-0.05, 0) is 42.4 Å². The fourth-order valence-corrected chi connectivity index (χ4v) is 4.95. The van der Waals surface area contributed by atoms with Crippen LogP contribution in [-0.2, 0) is 22.4 Å². The van der Waals surface area contributed by atoms with Gasteiger partial charge in [0.15, 0.2) is 0 Å². The van der Waals surface area contributed by atoms with E-state index in [0.29, 0.717) is 25.4 Å². The van der Waals surface area contributed by atoms with Crippen LogP contribution in [0.1, 0.15) is 24.0 Å². The third kappa shape index (κ3) is 4.49. The lowest BCUT2D eigenvalue weighted by Gasteiger charge is -2.32. The Morgan fingerprint density at radius 3 is 2.45 bits per heavy atom. The summed E-state index contributed by atoms with van der Waals surface area (Å²) in [4.78, 5) is 44.3. The van der Waals surface area contributed by atoms with Crippen LogP contribution in [0.5, 0.6) is 0 Å². The third-order valence-electron chi connectivity index (χ3n) is 6.83. The Hall–Kier alpha value is -3.61. The zero-order chi connectivity index (χ0) is 22.8. The minimum Gasteiger partial charge on any atom is -0.361 e. The summed E-state index contributed by atoms with van der Waals surface area (Å²) in [6.45, 7) is 1.13. The van der Waals surface area contributed by atoms with Gasteiger partial charge >= 0.3 is 6.03 Å². The molecule has 7 heteroatoms. The minimum atomic E-state index is -0.652. The van der Waals surface area contributed by atoms with Crippen molar-refractivity contribution in [2.75, 3.05) is 19.6 Å². The molecule has 2 aliphatic rings. The molecule has 33 heavy (non-hydrogen) atoms. The molecule has 7 nitrogen and oxygen atoms in total. The first-order valence-corrected chi connectivity index (χ1v) is 11.6. The van der Waals surface area contributed by atoms with E-state index >= 15 is 0 Å². The first-order valence-electron chi connectivity index (χ1n) is 11.6. The molecular weight excluding hydrogens is 416 g/mol. The number of aromatic amines is 1. The largest absolute Gasteiger partial charge is 0.361 e. The van der Waals surface area contributed by atoms with Gasteiger partial charge in [0.1, 0.15) is 12.6 Å². The van der Waals surface area contributed by atoms with Crippen LogP contribution in [0.4, 0.5) is 4.79 Å².